The van der Waals surface area contributed by atoms with E-state index in [0.29, 0.717) is 37.1 Å². The van der Waals surface area contributed by atoms with Gasteiger partial charge in [0.25, 0.3) is 0 Å². The van der Waals surface area contributed by atoms with Crippen LogP contribution >= 0.6 is 0 Å². The SMILES string of the molecule is O=C(CC1CCCC1)N1CCCC1c1nc(CCOCC2CCCC2)no1. The largest absolute Gasteiger partial charge is 0.381 e. The Morgan fingerprint density at radius 1 is 1.04 bits per heavy atom. The predicted molar refractivity (Wildman–Crippen MR) is 101 cm³/mol. The van der Waals surface area contributed by atoms with Gasteiger partial charge in [-0.2, -0.15) is 4.98 Å². The minimum atomic E-state index is -0.0282. The van der Waals surface area contributed by atoms with Crippen LogP contribution in [0.4, 0.5) is 0 Å². The molecule has 0 bridgehead atoms. The van der Waals surface area contributed by atoms with Gasteiger partial charge in [-0.3, -0.25) is 4.79 Å². The van der Waals surface area contributed by atoms with Crippen molar-refractivity contribution in [1.82, 2.24) is 15.0 Å². The van der Waals surface area contributed by atoms with Crippen LogP contribution in [0, 0.1) is 11.8 Å². The van der Waals surface area contributed by atoms with E-state index < -0.39 is 0 Å². The zero-order valence-electron chi connectivity index (χ0n) is 16.4. The first kappa shape index (κ1) is 18.9. The fourth-order valence-electron chi connectivity index (χ4n) is 5.00. The van der Waals surface area contributed by atoms with Crippen molar-refractivity contribution in [2.24, 2.45) is 11.8 Å². The van der Waals surface area contributed by atoms with E-state index in [1.54, 1.807) is 0 Å². The van der Waals surface area contributed by atoms with Gasteiger partial charge < -0.3 is 14.2 Å². The third-order valence-corrected chi connectivity index (χ3v) is 6.58. The molecule has 1 aromatic heterocycles. The molecule has 6 nitrogen and oxygen atoms in total. The number of rotatable bonds is 8. The summed E-state index contributed by atoms with van der Waals surface area (Å²) < 4.78 is 11.3. The summed E-state index contributed by atoms with van der Waals surface area (Å²) in [6, 6.07) is -0.0282. The predicted octanol–water partition coefficient (Wildman–Crippen LogP) is 4.06. The van der Waals surface area contributed by atoms with Crippen molar-refractivity contribution < 1.29 is 14.1 Å². The van der Waals surface area contributed by atoms with Crippen LogP contribution in [0.15, 0.2) is 4.52 Å². The molecule has 0 aromatic carbocycles. The van der Waals surface area contributed by atoms with Gasteiger partial charge in [-0.15, -0.1) is 0 Å². The number of hydrogen-bond donors (Lipinski definition) is 0. The molecule has 6 heteroatoms. The fourth-order valence-corrected chi connectivity index (χ4v) is 5.00. The average Bonchev–Trinajstić information content (AvgIpc) is 3.46. The quantitative estimate of drug-likeness (QED) is 0.641. The summed E-state index contributed by atoms with van der Waals surface area (Å²) in [6.07, 6.45) is 13.6. The van der Waals surface area contributed by atoms with Crippen molar-refractivity contribution in [3.63, 3.8) is 0 Å². The van der Waals surface area contributed by atoms with Crippen LogP contribution in [0.5, 0.6) is 0 Å². The molecule has 0 spiro atoms. The van der Waals surface area contributed by atoms with E-state index in [-0.39, 0.29) is 11.9 Å². The molecule has 0 radical (unpaired) electrons. The van der Waals surface area contributed by atoms with Gasteiger partial charge >= 0.3 is 0 Å². The molecule has 2 saturated carbocycles. The molecule has 1 aliphatic heterocycles. The Kier molecular flexibility index (Phi) is 6.43. The second kappa shape index (κ2) is 9.18. The van der Waals surface area contributed by atoms with Crippen LogP contribution in [0.25, 0.3) is 0 Å². The van der Waals surface area contributed by atoms with Crippen molar-refractivity contribution in [3.8, 4) is 0 Å². The van der Waals surface area contributed by atoms with Gasteiger partial charge in [0.1, 0.15) is 6.04 Å². The van der Waals surface area contributed by atoms with Gasteiger partial charge in [-0.05, 0) is 50.4 Å². The summed E-state index contributed by atoms with van der Waals surface area (Å²) in [7, 11) is 0. The highest BCUT2D eigenvalue weighted by molar-refractivity contribution is 5.77. The van der Waals surface area contributed by atoms with Gasteiger partial charge in [0.05, 0.1) is 6.61 Å². The van der Waals surface area contributed by atoms with Crippen LogP contribution in [0.1, 0.15) is 88.4 Å². The van der Waals surface area contributed by atoms with Gasteiger partial charge in [-0.1, -0.05) is 30.8 Å². The van der Waals surface area contributed by atoms with Crippen molar-refractivity contribution in [1.29, 1.82) is 0 Å². The lowest BCUT2D eigenvalue weighted by atomic mass is 10.0. The zero-order valence-corrected chi connectivity index (χ0v) is 16.4. The van der Waals surface area contributed by atoms with E-state index in [1.165, 1.54) is 51.4 Å². The average molecular weight is 376 g/mol. The second-order valence-electron chi connectivity index (χ2n) is 8.62. The molecule has 3 fully saturated rings. The number of carbonyl (C=O) groups is 1. The summed E-state index contributed by atoms with van der Waals surface area (Å²) in [5, 5.41) is 4.12. The molecular weight excluding hydrogens is 342 g/mol. The van der Waals surface area contributed by atoms with Gasteiger partial charge in [0, 0.05) is 26.0 Å². The smallest absolute Gasteiger partial charge is 0.249 e. The molecular formula is C21H33N3O3. The summed E-state index contributed by atoms with van der Waals surface area (Å²) in [5.41, 5.74) is 0. The minimum absolute atomic E-state index is 0.0282. The molecule has 2 heterocycles. The molecule has 1 atom stereocenters. The fraction of sp³-hybridized carbons (Fsp3) is 0.857. The highest BCUT2D eigenvalue weighted by Crippen LogP contribution is 2.34. The maximum absolute atomic E-state index is 12.7. The summed E-state index contributed by atoms with van der Waals surface area (Å²) in [6.45, 7) is 2.32. The highest BCUT2D eigenvalue weighted by Gasteiger charge is 2.35. The molecule has 3 aliphatic rings. The Labute approximate surface area is 162 Å². The molecule has 1 aromatic rings. The Balaban J connectivity index is 1.25. The third-order valence-electron chi connectivity index (χ3n) is 6.58. The normalized spacial score (nSPS) is 24.3. The zero-order chi connectivity index (χ0) is 18.5. The number of likely N-dealkylation sites (tertiary alicyclic amines) is 1. The number of hydrogen-bond acceptors (Lipinski definition) is 5. The Morgan fingerprint density at radius 2 is 1.78 bits per heavy atom. The maximum atomic E-state index is 12.7. The lowest BCUT2D eigenvalue weighted by Crippen LogP contribution is -2.31. The number of nitrogens with zero attached hydrogens (tertiary/aromatic N) is 3. The summed E-state index contributed by atoms with van der Waals surface area (Å²) in [5.74, 6) is 2.89. The van der Waals surface area contributed by atoms with Gasteiger partial charge in [-0.25, -0.2) is 0 Å². The van der Waals surface area contributed by atoms with E-state index in [0.717, 1.165) is 31.9 Å². The van der Waals surface area contributed by atoms with Crippen molar-refractivity contribution in [2.75, 3.05) is 19.8 Å². The lowest BCUT2D eigenvalue weighted by molar-refractivity contribution is -0.133. The van der Waals surface area contributed by atoms with Crippen molar-refractivity contribution >= 4 is 5.91 Å². The van der Waals surface area contributed by atoms with E-state index in [2.05, 4.69) is 10.1 Å². The molecule has 27 heavy (non-hydrogen) atoms. The molecule has 1 saturated heterocycles. The van der Waals surface area contributed by atoms with E-state index in [4.69, 9.17) is 9.26 Å². The lowest BCUT2D eigenvalue weighted by Gasteiger charge is -2.23. The second-order valence-corrected chi connectivity index (χ2v) is 8.62. The summed E-state index contributed by atoms with van der Waals surface area (Å²) >= 11 is 0. The highest BCUT2D eigenvalue weighted by atomic mass is 16.5. The Hall–Kier alpha value is -1.43. The number of amides is 1. The van der Waals surface area contributed by atoms with Gasteiger partial charge in [0.2, 0.25) is 11.8 Å². The van der Waals surface area contributed by atoms with Crippen molar-refractivity contribution in [3.05, 3.63) is 11.7 Å². The molecule has 2 aliphatic carbocycles. The first-order valence-corrected chi connectivity index (χ1v) is 11.0. The molecule has 1 unspecified atom stereocenters. The van der Waals surface area contributed by atoms with Crippen LogP contribution in [-0.4, -0.2) is 40.7 Å². The topological polar surface area (TPSA) is 68.5 Å². The Morgan fingerprint density at radius 3 is 2.56 bits per heavy atom. The van der Waals surface area contributed by atoms with E-state index in [1.807, 2.05) is 4.90 Å². The molecule has 150 valence electrons. The Bertz CT molecular complexity index is 606. The van der Waals surface area contributed by atoms with Crippen LogP contribution in [-0.2, 0) is 16.0 Å². The van der Waals surface area contributed by atoms with Crippen LogP contribution < -0.4 is 0 Å². The first-order valence-electron chi connectivity index (χ1n) is 11.0. The van der Waals surface area contributed by atoms with Crippen LogP contribution in [0.2, 0.25) is 0 Å². The number of carbonyl (C=O) groups excluding carboxylic acids is 1. The first-order chi connectivity index (χ1) is 13.3. The van der Waals surface area contributed by atoms with Gasteiger partial charge in [0.15, 0.2) is 5.82 Å². The minimum Gasteiger partial charge on any atom is -0.381 e. The van der Waals surface area contributed by atoms with Crippen molar-refractivity contribution in [2.45, 2.75) is 83.1 Å². The molecule has 0 N–H and O–H groups in total. The summed E-state index contributed by atoms with van der Waals surface area (Å²) in [4.78, 5) is 19.3. The van der Waals surface area contributed by atoms with Crippen LogP contribution in [0.3, 0.4) is 0 Å². The van der Waals surface area contributed by atoms with E-state index in [9.17, 15) is 4.79 Å². The monoisotopic (exact) mass is 375 g/mol. The molecule has 4 rings (SSSR count). The number of aromatic nitrogens is 2. The maximum Gasteiger partial charge on any atom is 0.249 e. The third kappa shape index (κ3) is 4.89. The number of ether oxygens (including phenoxy) is 1. The van der Waals surface area contributed by atoms with E-state index >= 15 is 0 Å². The molecule has 1 amide bonds. The standard InChI is InChI=1S/C21H33N3O3/c25-20(14-16-6-1-2-7-16)24-12-5-10-18(24)21-22-19(23-27-21)11-13-26-15-17-8-3-4-9-17/h16-18H,1-15H2.